The molecule has 0 fully saturated rings. The summed E-state index contributed by atoms with van der Waals surface area (Å²) in [7, 11) is 1.40. The van der Waals surface area contributed by atoms with Crippen LogP contribution in [-0.4, -0.2) is 19.1 Å². The minimum Gasteiger partial charge on any atom is -0.469 e. The number of nitrogens with two attached hydrogens (primary N) is 1. The van der Waals surface area contributed by atoms with Gasteiger partial charge in [0, 0.05) is 6.04 Å². The molecule has 1 unspecified atom stereocenters. The molecule has 0 aromatic rings. The van der Waals surface area contributed by atoms with Gasteiger partial charge in [-0.3, -0.25) is 4.79 Å². The van der Waals surface area contributed by atoms with E-state index in [-0.39, 0.29) is 12.0 Å². The zero-order valence-electron chi connectivity index (χ0n) is 9.42. The van der Waals surface area contributed by atoms with Crippen LogP contribution in [0.15, 0.2) is 0 Å². The summed E-state index contributed by atoms with van der Waals surface area (Å²) >= 11 is 0. The molecule has 1 atom stereocenters. The van der Waals surface area contributed by atoms with Crippen LogP contribution >= 0.6 is 0 Å². The molecular formula is C11H23NO2. The molecule has 0 heterocycles. The van der Waals surface area contributed by atoms with E-state index in [0.717, 1.165) is 12.8 Å². The molecule has 2 N–H and O–H groups in total. The molecule has 0 aliphatic carbocycles. The van der Waals surface area contributed by atoms with Gasteiger partial charge in [-0.15, -0.1) is 0 Å². The lowest BCUT2D eigenvalue weighted by atomic mass is 10.1. The summed E-state index contributed by atoms with van der Waals surface area (Å²) in [4.78, 5) is 10.9. The Bertz CT molecular complexity index is 148. The third-order valence-corrected chi connectivity index (χ3v) is 2.33. The molecule has 0 aliphatic rings. The van der Waals surface area contributed by atoms with Crippen molar-refractivity contribution in [1.82, 2.24) is 0 Å². The van der Waals surface area contributed by atoms with Gasteiger partial charge in [0.2, 0.25) is 0 Å². The molecule has 0 rings (SSSR count). The highest BCUT2D eigenvalue weighted by Crippen LogP contribution is 2.08. The van der Waals surface area contributed by atoms with Crippen LogP contribution in [0.4, 0.5) is 0 Å². The van der Waals surface area contributed by atoms with Crippen LogP contribution in [0.5, 0.6) is 0 Å². The molecule has 0 saturated heterocycles. The predicted molar refractivity (Wildman–Crippen MR) is 58.0 cm³/mol. The molecule has 3 heteroatoms. The van der Waals surface area contributed by atoms with E-state index in [0.29, 0.717) is 6.42 Å². The fourth-order valence-corrected chi connectivity index (χ4v) is 1.41. The maximum atomic E-state index is 10.9. The van der Waals surface area contributed by atoms with Crippen LogP contribution in [0.3, 0.4) is 0 Å². The van der Waals surface area contributed by atoms with Gasteiger partial charge in [-0.2, -0.15) is 0 Å². The van der Waals surface area contributed by atoms with Gasteiger partial charge in [-0.1, -0.05) is 39.0 Å². The van der Waals surface area contributed by atoms with Crippen molar-refractivity contribution in [2.24, 2.45) is 5.73 Å². The second-order valence-corrected chi connectivity index (χ2v) is 3.74. The number of rotatable bonds is 8. The number of esters is 1. The Hall–Kier alpha value is -0.570. The first kappa shape index (κ1) is 13.4. The van der Waals surface area contributed by atoms with Crippen molar-refractivity contribution >= 4 is 5.97 Å². The van der Waals surface area contributed by atoms with Gasteiger partial charge >= 0.3 is 5.97 Å². The Labute approximate surface area is 87.0 Å². The van der Waals surface area contributed by atoms with Crippen LogP contribution < -0.4 is 5.73 Å². The minimum absolute atomic E-state index is 0.0240. The van der Waals surface area contributed by atoms with Gasteiger partial charge < -0.3 is 10.5 Å². The highest BCUT2D eigenvalue weighted by molar-refractivity contribution is 5.69. The predicted octanol–water partition coefficient (Wildman–Crippen LogP) is 2.24. The molecule has 0 bridgehead atoms. The fourth-order valence-electron chi connectivity index (χ4n) is 1.41. The molecule has 0 saturated carbocycles. The number of hydrogen-bond acceptors (Lipinski definition) is 3. The van der Waals surface area contributed by atoms with Crippen LogP contribution in [0, 0.1) is 0 Å². The smallest absolute Gasteiger partial charge is 0.307 e. The van der Waals surface area contributed by atoms with Crippen LogP contribution in [0.1, 0.15) is 51.9 Å². The molecule has 3 nitrogen and oxygen atoms in total. The van der Waals surface area contributed by atoms with Gasteiger partial charge in [0.05, 0.1) is 13.5 Å². The van der Waals surface area contributed by atoms with Gasteiger partial charge in [0.25, 0.3) is 0 Å². The Morgan fingerprint density at radius 1 is 1.29 bits per heavy atom. The van der Waals surface area contributed by atoms with Gasteiger partial charge in [-0.05, 0) is 6.42 Å². The maximum absolute atomic E-state index is 10.9. The standard InChI is InChI=1S/C11H23NO2/c1-3-4-5-6-7-8-10(12)9-11(13)14-2/h10H,3-9,12H2,1-2H3. The third kappa shape index (κ3) is 8.05. The molecule has 14 heavy (non-hydrogen) atoms. The summed E-state index contributed by atoms with van der Waals surface area (Å²) in [5, 5.41) is 0. The maximum Gasteiger partial charge on any atom is 0.307 e. The van der Waals surface area contributed by atoms with E-state index < -0.39 is 0 Å². The largest absolute Gasteiger partial charge is 0.469 e. The summed E-state index contributed by atoms with van der Waals surface area (Å²) in [6, 6.07) is -0.0240. The number of carbonyl (C=O) groups excluding carboxylic acids is 1. The molecule has 0 spiro atoms. The highest BCUT2D eigenvalue weighted by Gasteiger charge is 2.08. The second kappa shape index (κ2) is 9.00. The van der Waals surface area contributed by atoms with E-state index in [1.54, 1.807) is 0 Å². The Morgan fingerprint density at radius 2 is 1.93 bits per heavy atom. The van der Waals surface area contributed by atoms with Crippen molar-refractivity contribution in [2.75, 3.05) is 7.11 Å². The number of unbranched alkanes of at least 4 members (excludes halogenated alkanes) is 4. The van der Waals surface area contributed by atoms with Crippen LogP contribution in [0.2, 0.25) is 0 Å². The van der Waals surface area contributed by atoms with E-state index in [2.05, 4.69) is 11.7 Å². The monoisotopic (exact) mass is 201 g/mol. The van der Waals surface area contributed by atoms with Crippen molar-refractivity contribution in [3.8, 4) is 0 Å². The van der Waals surface area contributed by atoms with E-state index in [1.807, 2.05) is 0 Å². The average Bonchev–Trinajstić information content (AvgIpc) is 2.17. The normalized spacial score (nSPS) is 12.5. The first-order valence-corrected chi connectivity index (χ1v) is 5.53. The molecule has 84 valence electrons. The quantitative estimate of drug-likeness (QED) is 0.484. The molecule has 0 amide bonds. The van der Waals surface area contributed by atoms with Crippen molar-refractivity contribution in [3.05, 3.63) is 0 Å². The van der Waals surface area contributed by atoms with E-state index in [1.165, 1.54) is 32.8 Å². The van der Waals surface area contributed by atoms with E-state index in [4.69, 9.17) is 5.73 Å². The molecule has 0 radical (unpaired) electrons. The van der Waals surface area contributed by atoms with Gasteiger partial charge in [0.15, 0.2) is 0 Å². The number of carbonyl (C=O) groups is 1. The Balaban J connectivity index is 3.26. The highest BCUT2D eigenvalue weighted by atomic mass is 16.5. The lowest BCUT2D eigenvalue weighted by Gasteiger charge is -2.09. The van der Waals surface area contributed by atoms with E-state index >= 15 is 0 Å². The minimum atomic E-state index is -0.203. The third-order valence-electron chi connectivity index (χ3n) is 2.33. The van der Waals surface area contributed by atoms with Gasteiger partial charge in [0.1, 0.15) is 0 Å². The summed E-state index contributed by atoms with van der Waals surface area (Å²) < 4.78 is 4.55. The molecular weight excluding hydrogens is 178 g/mol. The summed E-state index contributed by atoms with van der Waals surface area (Å²) in [6.07, 6.45) is 7.46. The Morgan fingerprint density at radius 3 is 2.50 bits per heavy atom. The van der Waals surface area contributed by atoms with Crippen molar-refractivity contribution in [3.63, 3.8) is 0 Å². The second-order valence-electron chi connectivity index (χ2n) is 3.74. The SMILES string of the molecule is CCCCCCCC(N)CC(=O)OC. The first-order chi connectivity index (χ1) is 6.70. The van der Waals surface area contributed by atoms with Crippen LogP contribution in [-0.2, 0) is 9.53 Å². The molecule has 0 aromatic carbocycles. The zero-order valence-corrected chi connectivity index (χ0v) is 9.42. The number of ether oxygens (including phenoxy) is 1. The van der Waals surface area contributed by atoms with Crippen molar-refractivity contribution < 1.29 is 9.53 Å². The molecule has 0 aromatic heterocycles. The summed E-state index contributed by atoms with van der Waals surface area (Å²) in [5.41, 5.74) is 5.76. The Kier molecular flexibility index (Phi) is 8.64. The topological polar surface area (TPSA) is 52.3 Å². The van der Waals surface area contributed by atoms with Crippen molar-refractivity contribution in [2.45, 2.75) is 57.9 Å². The first-order valence-electron chi connectivity index (χ1n) is 5.53. The van der Waals surface area contributed by atoms with E-state index in [9.17, 15) is 4.79 Å². The fraction of sp³-hybridized carbons (Fsp3) is 0.909. The lowest BCUT2D eigenvalue weighted by molar-refractivity contribution is -0.141. The summed E-state index contributed by atoms with van der Waals surface area (Å²) in [5.74, 6) is -0.203. The summed E-state index contributed by atoms with van der Waals surface area (Å²) in [6.45, 7) is 2.20. The number of hydrogen-bond donors (Lipinski definition) is 1. The van der Waals surface area contributed by atoms with Gasteiger partial charge in [-0.25, -0.2) is 0 Å². The average molecular weight is 201 g/mol. The molecule has 0 aliphatic heterocycles. The van der Waals surface area contributed by atoms with Crippen LogP contribution in [0.25, 0.3) is 0 Å². The zero-order chi connectivity index (χ0) is 10.8. The lowest BCUT2D eigenvalue weighted by Crippen LogP contribution is -2.24. The van der Waals surface area contributed by atoms with Crippen molar-refractivity contribution in [1.29, 1.82) is 0 Å². The number of methoxy groups -OCH3 is 1.